The number of benzene rings is 2. The summed E-state index contributed by atoms with van der Waals surface area (Å²) in [5, 5.41) is 11.2. The molecule has 0 radical (unpaired) electrons. The highest BCUT2D eigenvalue weighted by atomic mass is 35.5. The van der Waals surface area contributed by atoms with Crippen LogP contribution in [0.3, 0.4) is 0 Å². The minimum atomic E-state index is -0.212. The summed E-state index contributed by atoms with van der Waals surface area (Å²) in [5.74, 6) is 0.00912. The first-order valence-corrected chi connectivity index (χ1v) is 11.3. The molecule has 1 saturated heterocycles. The van der Waals surface area contributed by atoms with Crippen LogP contribution in [-0.2, 0) is 9.53 Å². The Morgan fingerprint density at radius 3 is 2.82 bits per heavy atom. The predicted molar refractivity (Wildman–Crippen MR) is 134 cm³/mol. The third-order valence-corrected chi connectivity index (χ3v) is 6.04. The first-order chi connectivity index (χ1) is 15.6. The van der Waals surface area contributed by atoms with Crippen LogP contribution < -0.4 is 10.9 Å². The smallest absolute Gasteiger partial charge is 0.272 e. The number of H-pyrrole nitrogens is 1. The van der Waals surface area contributed by atoms with Crippen LogP contribution in [0.15, 0.2) is 53.3 Å². The highest BCUT2D eigenvalue weighted by Crippen LogP contribution is 2.26. The molecule has 0 saturated carbocycles. The van der Waals surface area contributed by atoms with Crippen molar-refractivity contribution in [2.45, 2.75) is 38.2 Å². The number of carbonyl (C=O) groups is 1. The van der Waals surface area contributed by atoms with Crippen molar-refractivity contribution in [2.24, 2.45) is 0 Å². The summed E-state index contributed by atoms with van der Waals surface area (Å²) in [6.07, 6.45) is 5.00. The third-order valence-electron chi connectivity index (χ3n) is 6.04. The van der Waals surface area contributed by atoms with Crippen molar-refractivity contribution < 1.29 is 9.53 Å². The van der Waals surface area contributed by atoms with Crippen molar-refractivity contribution in [1.29, 1.82) is 0 Å². The van der Waals surface area contributed by atoms with E-state index in [2.05, 4.69) is 20.4 Å². The van der Waals surface area contributed by atoms with Crippen LogP contribution in [0, 0.1) is 0 Å². The fraction of sp³-hybridized carbons (Fsp3) is 0.400. The standard InChI is InChI=1S/C25H30N4O3.ClH/c1-32-20-10-7-15-29(17-20)14-5-4-13-23(30)26-19-9-6-8-18(16-19)24-21-11-2-3-12-22(21)25(31)28-27-24;/h2-3,6,8-9,11-12,16,20H,4-5,7,10,13-15,17H2,1H3,(H,26,30)(H,28,31);1H/t20-;/m1./s1. The maximum absolute atomic E-state index is 12.5. The monoisotopic (exact) mass is 470 g/mol. The van der Waals surface area contributed by atoms with E-state index in [1.165, 1.54) is 6.42 Å². The number of nitrogens with one attached hydrogen (secondary N) is 2. The Labute approximate surface area is 199 Å². The number of hydrogen-bond donors (Lipinski definition) is 2. The van der Waals surface area contributed by atoms with E-state index in [9.17, 15) is 9.59 Å². The van der Waals surface area contributed by atoms with Crippen LogP contribution in [0.5, 0.6) is 0 Å². The number of hydrogen-bond acceptors (Lipinski definition) is 5. The van der Waals surface area contributed by atoms with E-state index in [0.29, 0.717) is 23.6 Å². The molecule has 2 aromatic carbocycles. The molecule has 8 heteroatoms. The van der Waals surface area contributed by atoms with Crippen LogP contribution in [0.2, 0.25) is 0 Å². The number of nitrogens with zero attached hydrogens (tertiary/aromatic N) is 2. The molecular formula is C25H31ClN4O3. The maximum atomic E-state index is 12.5. The molecule has 1 aliphatic heterocycles. The molecule has 3 aromatic rings. The highest BCUT2D eigenvalue weighted by Gasteiger charge is 2.18. The zero-order chi connectivity index (χ0) is 22.3. The van der Waals surface area contributed by atoms with Crippen LogP contribution in [0.4, 0.5) is 5.69 Å². The Morgan fingerprint density at radius 2 is 2.00 bits per heavy atom. The fourth-order valence-electron chi connectivity index (χ4n) is 4.33. The molecule has 2 N–H and O–H groups in total. The Balaban J connectivity index is 0.00000306. The van der Waals surface area contributed by atoms with Crippen molar-refractivity contribution >= 4 is 34.8 Å². The number of piperidine rings is 1. The molecule has 0 aliphatic carbocycles. The van der Waals surface area contributed by atoms with E-state index in [-0.39, 0.29) is 23.9 Å². The summed E-state index contributed by atoms with van der Waals surface area (Å²) in [6, 6.07) is 15.0. The molecule has 1 aliphatic rings. The number of halogens is 1. The largest absolute Gasteiger partial charge is 0.380 e. The summed E-state index contributed by atoms with van der Waals surface area (Å²) in [4.78, 5) is 26.9. The fourth-order valence-corrected chi connectivity index (χ4v) is 4.33. The number of rotatable bonds is 8. The zero-order valence-corrected chi connectivity index (χ0v) is 19.7. The van der Waals surface area contributed by atoms with Gasteiger partial charge in [-0.05, 0) is 57.0 Å². The van der Waals surface area contributed by atoms with Crippen LogP contribution in [0.25, 0.3) is 22.0 Å². The molecule has 0 spiro atoms. The van der Waals surface area contributed by atoms with Gasteiger partial charge in [0.1, 0.15) is 0 Å². The number of methoxy groups -OCH3 is 1. The molecule has 176 valence electrons. The van der Waals surface area contributed by atoms with Gasteiger partial charge in [-0.25, -0.2) is 5.10 Å². The number of ether oxygens (including phenoxy) is 1. The minimum absolute atomic E-state index is 0. The van der Waals surface area contributed by atoms with Crippen molar-refractivity contribution in [3.8, 4) is 11.3 Å². The second-order valence-electron chi connectivity index (χ2n) is 8.33. The van der Waals surface area contributed by atoms with E-state index >= 15 is 0 Å². The molecule has 33 heavy (non-hydrogen) atoms. The predicted octanol–water partition coefficient (Wildman–Crippen LogP) is 4.23. The van der Waals surface area contributed by atoms with E-state index in [0.717, 1.165) is 55.5 Å². The number of aromatic nitrogens is 2. The van der Waals surface area contributed by atoms with Gasteiger partial charge in [0.25, 0.3) is 5.56 Å². The molecule has 0 unspecified atom stereocenters. The molecule has 0 bridgehead atoms. The second-order valence-corrected chi connectivity index (χ2v) is 8.33. The molecule has 7 nitrogen and oxygen atoms in total. The second kappa shape index (κ2) is 11.9. The van der Waals surface area contributed by atoms with Gasteiger partial charge in [-0.3, -0.25) is 9.59 Å². The lowest BCUT2D eigenvalue weighted by Gasteiger charge is -2.31. The van der Waals surface area contributed by atoms with Gasteiger partial charge < -0.3 is 15.0 Å². The molecule has 1 amide bonds. The van der Waals surface area contributed by atoms with Crippen molar-refractivity contribution in [3.05, 3.63) is 58.9 Å². The van der Waals surface area contributed by atoms with Gasteiger partial charge >= 0.3 is 0 Å². The number of unbranched alkanes of at least 4 members (excludes halogenated alkanes) is 1. The molecule has 1 fully saturated rings. The van der Waals surface area contributed by atoms with Crippen LogP contribution in [0.1, 0.15) is 32.1 Å². The first kappa shape index (κ1) is 24.9. The van der Waals surface area contributed by atoms with Crippen molar-refractivity contribution in [1.82, 2.24) is 15.1 Å². The molecule has 4 rings (SSSR count). The van der Waals surface area contributed by atoms with Crippen molar-refractivity contribution in [3.63, 3.8) is 0 Å². The van der Waals surface area contributed by atoms with Crippen molar-refractivity contribution in [2.75, 3.05) is 32.1 Å². The van der Waals surface area contributed by atoms with Gasteiger partial charge in [0.15, 0.2) is 0 Å². The van der Waals surface area contributed by atoms with Gasteiger partial charge in [0.05, 0.1) is 17.2 Å². The lowest BCUT2D eigenvalue weighted by Crippen LogP contribution is -2.39. The molecular weight excluding hydrogens is 440 g/mol. The van der Waals surface area contributed by atoms with E-state index in [1.54, 1.807) is 13.2 Å². The summed E-state index contributed by atoms with van der Waals surface area (Å²) in [7, 11) is 1.78. The summed E-state index contributed by atoms with van der Waals surface area (Å²) < 4.78 is 5.48. The zero-order valence-electron chi connectivity index (χ0n) is 18.9. The summed E-state index contributed by atoms with van der Waals surface area (Å²) in [5.41, 5.74) is 2.04. The van der Waals surface area contributed by atoms with Crippen LogP contribution in [-0.4, -0.2) is 53.9 Å². The lowest BCUT2D eigenvalue weighted by molar-refractivity contribution is -0.116. The Morgan fingerprint density at radius 1 is 1.18 bits per heavy atom. The first-order valence-electron chi connectivity index (χ1n) is 11.3. The molecule has 2 heterocycles. The summed E-state index contributed by atoms with van der Waals surface area (Å²) >= 11 is 0. The Hall–Kier alpha value is -2.74. The average molecular weight is 471 g/mol. The number of anilines is 1. The molecule has 1 aromatic heterocycles. The topological polar surface area (TPSA) is 87.3 Å². The number of likely N-dealkylation sites (tertiary alicyclic amines) is 1. The number of carbonyl (C=O) groups excluding carboxylic acids is 1. The van der Waals surface area contributed by atoms with Gasteiger partial charge in [0, 0.05) is 36.7 Å². The van der Waals surface area contributed by atoms with E-state index in [1.807, 2.05) is 42.5 Å². The minimum Gasteiger partial charge on any atom is -0.380 e. The van der Waals surface area contributed by atoms with Gasteiger partial charge in [-0.2, -0.15) is 5.10 Å². The summed E-state index contributed by atoms with van der Waals surface area (Å²) in [6.45, 7) is 3.11. The molecule has 1 atom stereocenters. The van der Waals surface area contributed by atoms with Gasteiger partial charge in [-0.15, -0.1) is 12.4 Å². The van der Waals surface area contributed by atoms with Crippen LogP contribution >= 0.6 is 12.4 Å². The lowest BCUT2D eigenvalue weighted by atomic mass is 10.0. The quantitative estimate of drug-likeness (QED) is 0.481. The average Bonchev–Trinajstić information content (AvgIpc) is 2.82. The third kappa shape index (κ3) is 6.41. The number of amides is 1. The Bertz CT molecular complexity index is 1130. The number of fused-ring (bicyclic) bond motifs is 1. The normalized spacial score (nSPS) is 16.3. The number of aromatic amines is 1. The van der Waals surface area contributed by atoms with Gasteiger partial charge in [0.2, 0.25) is 5.91 Å². The van der Waals surface area contributed by atoms with Gasteiger partial charge in [-0.1, -0.05) is 30.3 Å². The van der Waals surface area contributed by atoms with E-state index in [4.69, 9.17) is 4.74 Å². The Kier molecular flexibility index (Phi) is 9.00. The maximum Gasteiger partial charge on any atom is 0.272 e. The van der Waals surface area contributed by atoms with E-state index < -0.39 is 0 Å². The SMILES string of the molecule is CO[C@@H]1CCCN(CCCCC(=O)Nc2cccc(-c3n[nH]c(=O)c4ccccc34)c2)C1.Cl. The highest BCUT2D eigenvalue weighted by molar-refractivity contribution is 5.95.